The number of para-hydroxylation sites is 1. The molecule has 1 aliphatic rings. The molecule has 1 aromatic rings. The summed E-state index contributed by atoms with van der Waals surface area (Å²) >= 11 is 0. The highest BCUT2D eigenvalue weighted by Crippen LogP contribution is 2.20. The molecular weight excluding hydrogens is 278 g/mol. The van der Waals surface area contributed by atoms with Crippen LogP contribution < -0.4 is 5.01 Å². The predicted molar refractivity (Wildman–Crippen MR) is 87.7 cm³/mol. The van der Waals surface area contributed by atoms with Crippen molar-refractivity contribution < 1.29 is 9.59 Å². The zero-order valence-corrected chi connectivity index (χ0v) is 13.5. The van der Waals surface area contributed by atoms with Crippen LogP contribution in [-0.2, 0) is 9.59 Å². The smallest absolute Gasteiger partial charge is 0.270 e. The number of hydrazone groups is 1. The summed E-state index contributed by atoms with van der Waals surface area (Å²) in [6, 6.07) is 9.39. The van der Waals surface area contributed by atoms with Crippen LogP contribution in [0.15, 0.2) is 35.4 Å². The fourth-order valence-electron chi connectivity index (χ4n) is 2.49. The Kier molecular flexibility index (Phi) is 5.31. The Hall–Kier alpha value is -2.17. The minimum atomic E-state index is -0.0885. The molecule has 1 aromatic carbocycles. The SMILES string of the molecule is CCCC(C)N(C)C(=O)C1=NN(c2ccccc2)C(=O)CC1. The van der Waals surface area contributed by atoms with Crippen molar-refractivity contribution in [3.63, 3.8) is 0 Å². The van der Waals surface area contributed by atoms with E-state index >= 15 is 0 Å². The molecule has 0 radical (unpaired) electrons. The van der Waals surface area contributed by atoms with Crippen LogP contribution in [0, 0.1) is 0 Å². The molecule has 1 unspecified atom stereocenters. The van der Waals surface area contributed by atoms with Gasteiger partial charge in [-0.2, -0.15) is 5.10 Å². The molecule has 0 N–H and O–H groups in total. The van der Waals surface area contributed by atoms with Crippen molar-refractivity contribution in [1.29, 1.82) is 0 Å². The van der Waals surface area contributed by atoms with Crippen molar-refractivity contribution in [2.45, 2.75) is 45.6 Å². The van der Waals surface area contributed by atoms with E-state index in [9.17, 15) is 9.59 Å². The Labute approximate surface area is 131 Å². The lowest BCUT2D eigenvalue weighted by atomic mass is 10.1. The van der Waals surface area contributed by atoms with E-state index in [2.05, 4.69) is 12.0 Å². The Balaban J connectivity index is 2.20. The highest BCUT2D eigenvalue weighted by molar-refractivity contribution is 6.40. The molecule has 2 rings (SSSR count). The van der Waals surface area contributed by atoms with Crippen molar-refractivity contribution in [1.82, 2.24) is 4.90 Å². The van der Waals surface area contributed by atoms with Gasteiger partial charge in [0, 0.05) is 25.9 Å². The highest BCUT2D eigenvalue weighted by atomic mass is 16.2. The molecule has 1 aliphatic heterocycles. The van der Waals surface area contributed by atoms with E-state index in [1.165, 1.54) is 5.01 Å². The molecule has 1 heterocycles. The first kappa shape index (κ1) is 16.2. The number of amides is 2. The van der Waals surface area contributed by atoms with Gasteiger partial charge < -0.3 is 4.90 Å². The van der Waals surface area contributed by atoms with Crippen molar-refractivity contribution >= 4 is 23.2 Å². The van der Waals surface area contributed by atoms with Crippen LogP contribution in [0.2, 0.25) is 0 Å². The van der Waals surface area contributed by atoms with E-state index in [0.29, 0.717) is 24.2 Å². The van der Waals surface area contributed by atoms with Gasteiger partial charge in [-0.15, -0.1) is 0 Å². The molecule has 0 saturated carbocycles. The van der Waals surface area contributed by atoms with Crippen LogP contribution in [0.1, 0.15) is 39.5 Å². The van der Waals surface area contributed by atoms with Crippen LogP contribution in [0.3, 0.4) is 0 Å². The van der Waals surface area contributed by atoms with Gasteiger partial charge in [-0.1, -0.05) is 31.5 Å². The van der Waals surface area contributed by atoms with E-state index < -0.39 is 0 Å². The summed E-state index contributed by atoms with van der Waals surface area (Å²) in [7, 11) is 1.80. The number of nitrogens with zero attached hydrogens (tertiary/aromatic N) is 3. The molecule has 0 aliphatic carbocycles. The summed E-state index contributed by atoms with van der Waals surface area (Å²) < 4.78 is 0. The first-order valence-corrected chi connectivity index (χ1v) is 7.77. The molecule has 0 fully saturated rings. The van der Waals surface area contributed by atoms with Crippen LogP contribution >= 0.6 is 0 Å². The van der Waals surface area contributed by atoms with Crippen LogP contribution in [-0.4, -0.2) is 35.5 Å². The van der Waals surface area contributed by atoms with Crippen LogP contribution in [0.5, 0.6) is 0 Å². The number of carbonyl (C=O) groups is 2. The van der Waals surface area contributed by atoms with Gasteiger partial charge in [0.1, 0.15) is 5.71 Å². The van der Waals surface area contributed by atoms with Crippen molar-refractivity contribution in [3.05, 3.63) is 30.3 Å². The standard InChI is InChI=1S/C17H23N3O2/c1-4-8-13(2)19(3)17(22)15-11-12-16(21)20(18-15)14-9-6-5-7-10-14/h5-7,9-10,13H,4,8,11-12H2,1-3H3. The lowest BCUT2D eigenvalue weighted by Gasteiger charge is -2.28. The first-order valence-electron chi connectivity index (χ1n) is 7.77. The number of rotatable bonds is 5. The second kappa shape index (κ2) is 7.20. The van der Waals surface area contributed by atoms with Crippen LogP contribution in [0.25, 0.3) is 0 Å². The molecule has 5 heteroatoms. The van der Waals surface area contributed by atoms with Gasteiger partial charge in [0.15, 0.2) is 0 Å². The van der Waals surface area contributed by atoms with E-state index in [4.69, 9.17) is 0 Å². The molecule has 0 aromatic heterocycles. The quantitative estimate of drug-likeness (QED) is 0.839. The average Bonchev–Trinajstić information content (AvgIpc) is 2.55. The number of anilines is 1. The molecule has 5 nitrogen and oxygen atoms in total. The molecule has 118 valence electrons. The number of benzene rings is 1. The Morgan fingerprint density at radius 3 is 2.64 bits per heavy atom. The minimum absolute atomic E-state index is 0.0768. The van der Waals surface area contributed by atoms with Gasteiger partial charge >= 0.3 is 0 Å². The summed E-state index contributed by atoms with van der Waals surface area (Å²) in [4.78, 5) is 26.3. The fraction of sp³-hybridized carbons (Fsp3) is 0.471. The zero-order chi connectivity index (χ0) is 16.1. The third-order valence-electron chi connectivity index (χ3n) is 3.97. The number of hydrogen-bond donors (Lipinski definition) is 0. The Morgan fingerprint density at radius 2 is 2.00 bits per heavy atom. The largest absolute Gasteiger partial charge is 0.338 e. The maximum atomic E-state index is 12.6. The maximum absolute atomic E-state index is 12.6. The van der Waals surface area contributed by atoms with Gasteiger partial charge in [0.05, 0.1) is 5.69 Å². The van der Waals surface area contributed by atoms with Crippen molar-refractivity contribution in [3.8, 4) is 0 Å². The second-order valence-electron chi connectivity index (χ2n) is 5.64. The molecule has 0 saturated heterocycles. The molecule has 0 bridgehead atoms. The third-order valence-corrected chi connectivity index (χ3v) is 3.97. The third kappa shape index (κ3) is 3.53. The summed E-state index contributed by atoms with van der Waals surface area (Å²) in [6.45, 7) is 4.13. The summed E-state index contributed by atoms with van der Waals surface area (Å²) in [6.07, 6.45) is 2.70. The molecule has 0 spiro atoms. The zero-order valence-electron chi connectivity index (χ0n) is 13.5. The van der Waals surface area contributed by atoms with Crippen molar-refractivity contribution in [2.24, 2.45) is 5.10 Å². The summed E-state index contributed by atoms with van der Waals surface area (Å²) in [5.74, 6) is -0.165. The van der Waals surface area contributed by atoms with E-state index in [0.717, 1.165) is 12.8 Å². The average molecular weight is 301 g/mol. The van der Waals surface area contributed by atoms with Crippen molar-refractivity contribution in [2.75, 3.05) is 12.1 Å². The normalized spacial score (nSPS) is 16.2. The minimum Gasteiger partial charge on any atom is -0.338 e. The van der Waals surface area contributed by atoms with Gasteiger partial charge in [-0.05, 0) is 25.5 Å². The lowest BCUT2D eigenvalue weighted by molar-refractivity contribution is -0.125. The monoisotopic (exact) mass is 301 g/mol. The number of carbonyl (C=O) groups excluding carboxylic acids is 2. The fourth-order valence-corrected chi connectivity index (χ4v) is 2.49. The maximum Gasteiger partial charge on any atom is 0.270 e. The van der Waals surface area contributed by atoms with Gasteiger partial charge in [-0.3, -0.25) is 9.59 Å². The second-order valence-corrected chi connectivity index (χ2v) is 5.64. The molecule has 2 amide bonds. The molecular formula is C17H23N3O2. The van der Waals surface area contributed by atoms with E-state index in [1.807, 2.05) is 37.3 Å². The first-order chi connectivity index (χ1) is 10.5. The topological polar surface area (TPSA) is 53.0 Å². The lowest BCUT2D eigenvalue weighted by Crippen LogP contribution is -2.43. The molecule has 22 heavy (non-hydrogen) atoms. The van der Waals surface area contributed by atoms with Crippen LogP contribution in [0.4, 0.5) is 5.69 Å². The van der Waals surface area contributed by atoms with E-state index in [-0.39, 0.29) is 17.9 Å². The predicted octanol–water partition coefficient (Wildman–Crippen LogP) is 2.82. The summed E-state index contributed by atoms with van der Waals surface area (Å²) in [5.41, 5.74) is 1.15. The Morgan fingerprint density at radius 1 is 1.32 bits per heavy atom. The Bertz CT molecular complexity index is 569. The highest BCUT2D eigenvalue weighted by Gasteiger charge is 2.28. The van der Waals surface area contributed by atoms with Gasteiger partial charge in [0.25, 0.3) is 5.91 Å². The van der Waals surface area contributed by atoms with Gasteiger partial charge in [-0.25, -0.2) is 5.01 Å². The molecule has 1 atom stereocenters. The summed E-state index contributed by atoms with van der Waals surface area (Å²) in [5, 5.41) is 5.65. The van der Waals surface area contributed by atoms with Gasteiger partial charge in [0.2, 0.25) is 5.91 Å². The van der Waals surface area contributed by atoms with E-state index in [1.54, 1.807) is 11.9 Å². The number of hydrogen-bond acceptors (Lipinski definition) is 3.